The van der Waals surface area contributed by atoms with E-state index in [4.69, 9.17) is 17.2 Å². The minimum atomic E-state index is -1.48. The van der Waals surface area contributed by atoms with Crippen LogP contribution >= 0.6 is 11.8 Å². The lowest BCUT2D eigenvalue weighted by atomic mass is 10.0. The van der Waals surface area contributed by atoms with E-state index in [1.165, 1.54) is 60.5 Å². The summed E-state index contributed by atoms with van der Waals surface area (Å²) in [5, 5.41) is 18.5. The number of rotatable bonds is 28. The van der Waals surface area contributed by atoms with Gasteiger partial charge in [0.25, 0.3) is 0 Å². The van der Waals surface area contributed by atoms with Crippen molar-refractivity contribution in [1.29, 1.82) is 0 Å². The molecular weight excluding hydrogens is 1020 g/mol. The minimum Gasteiger partial charge on any atom is -0.370 e. The zero-order chi connectivity index (χ0) is 56.5. The van der Waals surface area contributed by atoms with E-state index >= 15 is 0 Å². The summed E-state index contributed by atoms with van der Waals surface area (Å²) in [5.74, 6) is -8.34. The first-order chi connectivity index (χ1) is 36.5. The Kier molecular flexibility index (Phi) is 22.1. The molecule has 8 atom stereocenters. The number of aromatic nitrogens is 3. The molecule has 0 spiro atoms. The summed E-state index contributed by atoms with van der Waals surface area (Å²) in [6.45, 7) is 7.62. The number of nitrogens with one attached hydrogen (secondary N) is 9. The highest BCUT2D eigenvalue weighted by Gasteiger charge is 2.39. The average molecular weight is 1090 g/mol. The molecule has 26 heteroatoms. The summed E-state index contributed by atoms with van der Waals surface area (Å²) in [4.78, 5) is 145. The average Bonchev–Trinajstić information content (AvgIpc) is 4.18. The highest BCUT2D eigenvalue weighted by molar-refractivity contribution is 7.99. The van der Waals surface area contributed by atoms with Gasteiger partial charge in [0.2, 0.25) is 59.1 Å². The number of fused-ring (bicyclic) bond motifs is 1. The van der Waals surface area contributed by atoms with Crippen molar-refractivity contribution in [1.82, 2.24) is 57.1 Å². The Morgan fingerprint density at radius 3 is 2.06 bits per heavy atom. The van der Waals surface area contributed by atoms with Crippen molar-refractivity contribution in [3.8, 4) is 0 Å². The van der Waals surface area contributed by atoms with Crippen LogP contribution in [0.3, 0.4) is 0 Å². The number of carbonyl (C=O) groups is 10. The van der Waals surface area contributed by atoms with Crippen LogP contribution in [0.2, 0.25) is 0 Å². The molecule has 77 heavy (non-hydrogen) atoms. The molecule has 1 aliphatic heterocycles. The summed E-state index contributed by atoms with van der Waals surface area (Å²) in [6.07, 6.45) is 3.73. The summed E-state index contributed by atoms with van der Waals surface area (Å²) in [7, 11) is 0. The lowest BCUT2D eigenvalue weighted by Crippen LogP contribution is -2.59. The van der Waals surface area contributed by atoms with Crippen LogP contribution in [0.1, 0.15) is 70.7 Å². The molecule has 1 aliphatic rings. The first-order valence-corrected chi connectivity index (χ1v) is 26.2. The number of carbonyl (C=O) groups excluding carboxylic acids is 10. The summed E-state index contributed by atoms with van der Waals surface area (Å²) < 4.78 is 14.5. The molecule has 0 saturated carbocycles. The van der Waals surface area contributed by atoms with Gasteiger partial charge in [0, 0.05) is 54.0 Å². The van der Waals surface area contributed by atoms with Gasteiger partial charge in [-0.1, -0.05) is 58.0 Å². The van der Waals surface area contributed by atoms with Crippen molar-refractivity contribution in [3.05, 3.63) is 89.9 Å². The third-order valence-electron chi connectivity index (χ3n) is 12.6. The fourth-order valence-corrected chi connectivity index (χ4v) is 9.59. The predicted molar refractivity (Wildman–Crippen MR) is 283 cm³/mol. The van der Waals surface area contributed by atoms with E-state index in [0.717, 1.165) is 5.56 Å². The Morgan fingerprint density at radius 1 is 0.753 bits per heavy atom. The van der Waals surface area contributed by atoms with Crippen molar-refractivity contribution >= 4 is 81.7 Å². The number of imidazole rings is 1. The maximum atomic E-state index is 14.5. The van der Waals surface area contributed by atoms with E-state index < -0.39 is 126 Å². The number of primary amides is 2. The SMILES string of the molecule is CC(C)C[C@H](NC(=O)[C@H](Cc1cnc[nH]1)NC(=O)CNC(=O)[C@@H](NC(=O)[C@H](C)NC(=O)[C@H](Cc1c[nH]c2ccc(F)cc12)NC(=O)[C@H](CCC(N)=O)NC(=O)[C@H](N)Cc1ccccc1)C(C)C)C(=O)N1CSC[C@H]1C(N)=O. The number of nitrogens with two attached hydrogens (primary N) is 3. The van der Waals surface area contributed by atoms with Crippen molar-refractivity contribution in [3.63, 3.8) is 0 Å². The van der Waals surface area contributed by atoms with Gasteiger partial charge in [-0.15, -0.1) is 11.8 Å². The molecule has 10 amide bonds. The van der Waals surface area contributed by atoms with Gasteiger partial charge < -0.3 is 69.3 Å². The van der Waals surface area contributed by atoms with Crippen LogP contribution in [0.5, 0.6) is 0 Å². The topological polar surface area (TPSA) is 381 Å². The molecule has 2 aromatic carbocycles. The summed E-state index contributed by atoms with van der Waals surface area (Å²) in [6, 6.07) is 3.02. The molecule has 5 rings (SSSR count). The highest BCUT2D eigenvalue weighted by Crippen LogP contribution is 2.24. The Labute approximate surface area is 448 Å². The number of H-pyrrole nitrogens is 2. The van der Waals surface area contributed by atoms with Gasteiger partial charge in [-0.3, -0.25) is 47.9 Å². The molecule has 24 nitrogen and oxygen atoms in total. The van der Waals surface area contributed by atoms with E-state index in [1.54, 1.807) is 44.2 Å². The molecule has 3 heterocycles. The van der Waals surface area contributed by atoms with Crippen LogP contribution in [0.4, 0.5) is 4.39 Å². The van der Waals surface area contributed by atoms with Crippen molar-refractivity contribution in [2.24, 2.45) is 29.0 Å². The minimum absolute atomic E-state index is 0.0669. The Balaban J connectivity index is 1.25. The van der Waals surface area contributed by atoms with Gasteiger partial charge in [0.05, 0.1) is 24.8 Å². The van der Waals surface area contributed by atoms with Gasteiger partial charge >= 0.3 is 0 Å². The lowest BCUT2D eigenvalue weighted by molar-refractivity contribution is -0.141. The van der Waals surface area contributed by atoms with Crippen molar-refractivity contribution < 1.29 is 52.3 Å². The molecule has 0 radical (unpaired) electrons. The number of aromatic amines is 2. The third kappa shape index (κ3) is 17.9. The van der Waals surface area contributed by atoms with E-state index in [1.807, 2.05) is 13.8 Å². The molecular formula is C51H69FN14O10S. The van der Waals surface area contributed by atoms with Crippen molar-refractivity contribution in [2.45, 2.75) is 121 Å². The first-order valence-electron chi connectivity index (χ1n) is 25.1. The monoisotopic (exact) mass is 1090 g/mol. The van der Waals surface area contributed by atoms with E-state index in [9.17, 15) is 52.3 Å². The van der Waals surface area contributed by atoms with E-state index in [2.05, 4.69) is 52.2 Å². The smallest absolute Gasteiger partial charge is 0.246 e. The van der Waals surface area contributed by atoms with Crippen LogP contribution in [-0.2, 0) is 67.2 Å². The molecule has 2 aromatic heterocycles. The van der Waals surface area contributed by atoms with Crippen LogP contribution in [0.15, 0.2) is 67.3 Å². The van der Waals surface area contributed by atoms with E-state index in [0.29, 0.717) is 27.9 Å². The maximum Gasteiger partial charge on any atom is 0.246 e. The number of hydrogen-bond donors (Lipinski definition) is 12. The fraction of sp³-hybridized carbons (Fsp3) is 0.471. The second kappa shape index (κ2) is 28.3. The lowest BCUT2D eigenvalue weighted by Gasteiger charge is -2.29. The van der Waals surface area contributed by atoms with Crippen LogP contribution < -0.4 is 54.4 Å². The maximum absolute atomic E-state index is 14.5. The zero-order valence-electron chi connectivity index (χ0n) is 43.5. The van der Waals surface area contributed by atoms with Gasteiger partial charge in [-0.25, -0.2) is 9.37 Å². The quantitative estimate of drug-likeness (QED) is 0.0318. The number of amides is 10. The number of thioether (sulfide) groups is 1. The van der Waals surface area contributed by atoms with E-state index in [-0.39, 0.29) is 50.3 Å². The third-order valence-corrected chi connectivity index (χ3v) is 13.6. The Hall–Kier alpha value is -7.87. The van der Waals surface area contributed by atoms with Crippen molar-refractivity contribution in [2.75, 3.05) is 18.2 Å². The molecule has 0 bridgehead atoms. The Morgan fingerprint density at radius 2 is 1.42 bits per heavy atom. The molecule has 0 unspecified atom stereocenters. The second-order valence-corrected chi connectivity index (χ2v) is 20.6. The molecule has 1 fully saturated rings. The number of nitrogens with zero attached hydrogens (tertiary/aromatic N) is 2. The van der Waals surface area contributed by atoms with Crippen LogP contribution in [-0.4, -0.2) is 145 Å². The first kappa shape index (κ1) is 60.0. The molecule has 0 aliphatic carbocycles. The van der Waals surface area contributed by atoms with Crippen LogP contribution in [0, 0.1) is 17.7 Å². The van der Waals surface area contributed by atoms with Gasteiger partial charge in [0.15, 0.2) is 0 Å². The van der Waals surface area contributed by atoms with Gasteiger partial charge in [0.1, 0.15) is 48.1 Å². The number of benzene rings is 2. The molecule has 15 N–H and O–H groups in total. The van der Waals surface area contributed by atoms with Crippen LogP contribution in [0.25, 0.3) is 10.9 Å². The molecule has 4 aromatic rings. The summed E-state index contributed by atoms with van der Waals surface area (Å²) in [5.41, 5.74) is 19.3. The molecule has 1 saturated heterocycles. The zero-order valence-corrected chi connectivity index (χ0v) is 44.3. The Bertz CT molecular complexity index is 2740. The van der Waals surface area contributed by atoms with Gasteiger partial charge in [-0.2, -0.15) is 0 Å². The molecule has 416 valence electrons. The van der Waals surface area contributed by atoms with Gasteiger partial charge in [-0.05, 0) is 67.3 Å². The fourth-order valence-electron chi connectivity index (χ4n) is 8.42. The normalized spacial score (nSPS) is 16.0. The number of halogens is 1. The predicted octanol–water partition coefficient (Wildman–Crippen LogP) is -1.22. The highest BCUT2D eigenvalue weighted by atomic mass is 32.2. The largest absolute Gasteiger partial charge is 0.370 e. The summed E-state index contributed by atoms with van der Waals surface area (Å²) >= 11 is 1.35. The standard InChI is InChI=1S/C51H69FN14O10S/c1-26(2)15-39(51(76)66-25-77-23-40(66)44(55)69)64-49(74)38(19-32-21-56-24-59-32)61-42(68)22-58-50(75)43(27(3)4)65-45(70)28(5)60-48(73)37(17-30-20-57-35-12-11-31(52)18-33(30)35)63-47(72)36(13-14-41(54)67)62-46(71)34(53)16-29-9-7-6-8-10-29/h6-12,18,20-21,24,26-28,34,36-40,43,57H,13-17,19,22-23,25,53H2,1-5H3,(H2,54,67)(H2,55,69)(H,56,59)(H,58,75)(H,60,73)(H,61,68)(H,62,71)(H,63,72)(H,64,74)(H,65,70)/t28-,34+,36-,37-,38-,39-,40-,43-/m0/s1. The number of hydrogen-bond acceptors (Lipinski definition) is 13. The second-order valence-electron chi connectivity index (χ2n) is 19.6.